The quantitative estimate of drug-likeness (QED) is 0.697. The Morgan fingerprint density at radius 1 is 1.11 bits per heavy atom. The van der Waals surface area contributed by atoms with Crippen molar-refractivity contribution in [3.05, 3.63) is 59.2 Å². The van der Waals surface area contributed by atoms with Crippen molar-refractivity contribution in [2.24, 2.45) is 0 Å². The average Bonchev–Trinajstić information content (AvgIpc) is 2.77. The number of carbonyl (C=O) groups excluding carboxylic acids is 1. The zero-order valence-electron chi connectivity index (χ0n) is 10.1. The molecule has 2 heteroatoms. The van der Waals surface area contributed by atoms with E-state index >= 15 is 0 Å². The molecule has 1 aliphatic carbocycles. The van der Waals surface area contributed by atoms with Crippen LogP contribution in [0.1, 0.15) is 29.7 Å². The first kappa shape index (κ1) is 11.0. The molecule has 0 heterocycles. The van der Waals surface area contributed by atoms with Gasteiger partial charge in [-0.25, -0.2) is 4.79 Å². The van der Waals surface area contributed by atoms with Crippen LogP contribution in [-0.2, 0) is 16.0 Å². The molecule has 2 aromatic rings. The van der Waals surface area contributed by atoms with E-state index in [-0.39, 0.29) is 6.10 Å². The second kappa shape index (κ2) is 4.30. The van der Waals surface area contributed by atoms with Gasteiger partial charge in [-0.1, -0.05) is 42.5 Å². The minimum Gasteiger partial charge on any atom is -0.449 e. The molecule has 0 aromatic heterocycles. The van der Waals surface area contributed by atoms with Gasteiger partial charge in [-0.2, -0.15) is 0 Å². The number of ether oxygens (including phenoxy) is 1. The molecule has 2 aromatic carbocycles. The Labute approximate surface area is 106 Å². The van der Waals surface area contributed by atoms with Crippen LogP contribution in [0.3, 0.4) is 0 Å². The molecular weight excluding hydrogens is 224 g/mol. The standard InChI is InChI=1S/C16H13O2/c1-11(18-10-17)13-7-4-8-15-14-6-3-2-5-12(14)9-16(13)15/h2-8,11H,9H2,1H3. The molecule has 89 valence electrons. The Kier molecular flexibility index (Phi) is 2.63. The second-order valence-corrected chi connectivity index (χ2v) is 4.55. The lowest BCUT2D eigenvalue weighted by molar-refractivity contribution is 0.197. The van der Waals surface area contributed by atoms with Gasteiger partial charge in [0.2, 0.25) is 0 Å². The predicted molar refractivity (Wildman–Crippen MR) is 69.9 cm³/mol. The third kappa shape index (κ3) is 1.61. The lowest BCUT2D eigenvalue weighted by Gasteiger charge is -2.13. The van der Waals surface area contributed by atoms with Gasteiger partial charge in [0.05, 0.1) is 0 Å². The van der Waals surface area contributed by atoms with Gasteiger partial charge in [0.15, 0.2) is 0 Å². The van der Waals surface area contributed by atoms with E-state index in [1.54, 1.807) is 0 Å². The summed E-state index contributed by atoms with van der Waals surface area (Å²) in [5.41, 5.74) is 6.22. The van der Waals surface area contributed by atoms with Crippen LogP contribution in [0.2, 0.25) is 0 Å². The van der Waals surface area contributed by atoms with Crippen molar-refractivity contribution >= 4 is 6.47 Å². The minimum atomic E-state index is -0.244. The van der Waals surface area contributed by atoms with E-state index in [0.717, 1.165) is 12.0 Å². The fraction of sp³-hybridized carbons (Fsp3) is 0.188. The van der Waals surface area contributed by atoms with E-state index < -0.39 is 0 Å². The lowest BCUT2D eigenvalue weighted by Crippen LogP contribution is -2.02. The van der Waals surface area contributed by atoms with E-state index in [2.05, 4.69) is 30.3 Å². The Bertz CT molecular complexity index is 602. The summed E-state index contributed by atoms with van der Waals surface area (Å²) in [4.78, 5) is 10.4. The fourth-order valence-electron chi connectivity index (χ4n) is 2.70. The van der Waals surface area contributed by atoms with Crippen molar-refractivity contribution in [2.75, 3.05) is 0 Å². The van der Waals surface area contributed by atoms with Crippen LogP contribution in [0.5, 0.6) is 0 Å². The maximum Gasteiger partial charge on any atom is 0.418 e. The first-order valence-corrected chi connectivity index (χ1v) is 6.04. The van der Waals surface area contributed by atoms with Gasteiger partial charge in [0.25, 0.3) is 0 Å². The number of hydrogen-bond donors (Lipinski definition) is 0. The van der Waals surface area contributed by atoms with E-state index in [4.69, 9.17) is 4.74 Å². The van der Waals surface area contributed by atoms with Crippen LogP contribution >= 0.6 is 0 Å². The maximum atomic E-state index is 10.4. The molecule has 0 N–H and O–H groups in total. The van der Waals surface area contributed by atoms with Gasteiger partial charge in [0.1, 0.15) is 6.10 Å². The van der Waals surface area contributed by atoms with Crippen molar-refractivity contribution in [3.8, 4) is 11.1 Å². The summed E-state index contributed by atoms with van der Waals surface area (Å²) >= 11 is 0. The van der Waals surface area contributed by atoms with E-state index in [9.17, 15) is 4.79 Å². The Hall–Kier alpha value is -2.09. The molecule has 1 radical (unpaired) electrons. The smallest absolute Gasteiger partial charge is 0.418 e. The molecule has 0 amide bonds. The number of hydrogen-bond acceptors (Lipinski definition) is 2. The lowest BCUT2D eigenvalue weighted by atomic mass is 9.98. The van der Waals surface area contributed by atoms with Gasteiger partial charge in [-0.15, -0.1) is 0 Å². The highest BCUT2D eigenvalue weighted by Gasteiger charge is 2.22. The first-order valence-electron chi connectivity index (χ1n) is 6.04. The normalized spacial score (nSPS) is 13.6. The summed E-state index contributed by atoms with van der Waals surface area (Å²) in [7, 11) is 0. The summed E-state index contributed by atoms with van der Waals surface area (Å²) in [5.74, 6) is 0. The van der Waals surface area contributed by atoms with E-state index in [0.29, 0.717) is 0 Å². The van der Waals surface area contributed by atoms with Crippen LogP contribution in [0.25, 0.3) is 11.1 Å². The largest absolute Gasteiger partial charge is 0.449 e. The molecule has 1 unspecified atom stereocenters. The maximum absolute atomic E-state index is 10.4. The summed E-state index contributed by atoms with van der Waals surface area (Å²) < 4.78 is 4.95. The molecule has 0 aliphatic heterocycles. The van der Waals surface area contributed by atoms with E-state index in [1.165, 1.54) is 28.7 Å². The Morgan fingerprint density at radius 2 is 1.89 bits per heavy atom. The SMILES string of the molecule is CC(O[C]=O)c1cccc2c1Cc1ccccc1-2. The highest BCUT2D eigenvalue weighted by molar-refractivity contribution is 5.78. The molecule has 0 saturated heterocycles. The molecule has 1 aliphatic rings. The van der Waals surface area contributed by atoms with Crippen LogP contribution in [-0.4, -0.2) is 6.47 Å². The summed E-state index contributed by atoms with van der Waals surface area (Å²) in [5, 5.41) is 0. The second-order valence-electron chi connectivity index (χ2n) is 4.55. The molecule has 0 saturated carbocycles. The van der Waals surface area contributed by atoms with Gasteiger partial charge in [0, 0.05) is 0 Å². The van der Waals surface area contributed by atoms with Gasteiger partial charge in [-0.05, 0) is 41.2 Å². The molecular formula is C16H13O2. The molecule has 0 spiro atoms. The highest BCUT2D eigenvalue weighted by Crippen LogP contribution is 2.40. The highest BCUT2D eigenvalue weighted by atomic mass is 16.5. The van der Waals surface area contributed by atoms with Crippen LogP contribution in [0.4, 0.5) is 0 Å². The van der Waals surface area contributed by atoms with Crippen molar-refractivity contribution in [2.45, 2.75) is 19.4 Å². The van der Waals surface area contributed by atoms with Crippen molar-refractivity contribution < 1.29 is 9.53 Å². The topological polar surface area (TPSA) is 26.3 Å². The molecule has 3 rings (SSSR count). The first-order chi connectivity index (χ1) is 8.81. The van der Waals surface area contributed by atoms with Crippen LogP contribution < -0.4 is 0 Å². The molecule has 18 heavy (non-hydrogen) atoms. The monoisotopic (exact) mass is 237 g/mol. The minimum absolute atomic E-state index is 0.244. The summed E-state index contributed by atoms with van der Waals surface area (Å²) in [6.45, 7) is 3.41. The Balaban J connectivity index is 2.11. The molecule has 2 nitrogen and oxygen atoms in total. The Morgan fingerprint density at radius 3 is 2.72 bits per heavy atom. The van der Waals surface area contributed by atoms with Gasteiger partial charge in [-0.3, -0.25) is 0 Å². The van der Waals surface area contributed by atoms with Gasteiger partial charge >= 0.3 is 6.47 Å². The number of rotatable bonds is 3. The summed E-state index contributed by atoms with van der Waals surface area (Å²) in [6, 6.07) is 14.6. The van der Waals surface area contributed by atoms with Crippen molar-refractivity contribution in [3.63, 3.8) is 0 Å². The fourth-order valence-corrected chi connectivity index (χ4v) is 2.70. The third-order valence-electron chi connectivity index (χ3n) is 3.55. The zero-order chi connectivity index (χ0) is 12.5. The van der Waals surface area contributed by atoms with E-state index in [1.807, 2.05) is 19.1 Å². The number of benzene rings is 2. The molecule has 0 fully saturated rings. The zero-order valence-corrected chi connectivity index (χ0v) is 10.1. The van der Waals surface area contributed by atoms with Gasteiger partial charge < -0.3 is 4.74 Å². The van der Waals surface area contributed by atoms with Crippen molar-refractivity contribution in [1.82, 2.24) is 0 Å². The third-order valence-corrected chi connectivity index (χ3v) is 3.55. The molecule has 1 atom stereocenters. The molecule has 0 bridgehead atoms. The number of fused-ring (bicyclic) bond motifs is 3. The van der Waals surface area contributed by atoms with Crippen LogP contribution in [0, 0.1) is 0 Å². The predicted octanol–water partition coefficient (Wildman–Crippen LogP) is 3.40. The average molecular weight is 237 g/mol. The van der Waals surface area contributed by atoms with Crippen LogP contribution in [0.15, 0.2) is 42.5 Å². The summed E-state index contributed by atoms with van der Waals surface area (Å²) in [6.07, 6.45) is 0.667. The van der Waals surface area contributed by atoms with Crippen molar-refractivity contribution in [1.29, 1.82) is 0 Å².